The first kappa shape index (κ1) is 12.9. The number of rotatable bonds is 3. The van der Waals surface area contributed by atoms with Crippen LogP contribution in [-0.4, -0.2) is 6.41 Å². The molecule has 1 N–H and O–H groups in total. The predicted octanol–water partition coefficient (Wildman–Crippen LogP) is 4.37. The minimum atomic E-state index is -0.428. The molecule has 2 aromatic rings. The van der Waals surface area contributed by atoms with Crippen molar-refractivity contribution in [2.24, 2.45) is 0 Å². The zero-order valence-corrected chi connectivity index (χ0v) is 10.6. The van der Waals surface area contributed by atoms with Crippen LogP contribution in [0.2, 0.25) is 10.0 Å². The molecular weight excluding hydrogens is 276 g/mol. The number of carbonyl (C=O) groups excluding carboxylic acids is 1. The minimum Gasteiger partial charge on any atom is -0.328 e. The summed E-state index contributed by atoms with van der Waals surface area (Å²) in [4.78, 5) is 10.5. The fraction of sp³-hybridized carbons (Fsp3) is 0. The van der Waals surface area contributed by atoms with Gasteiger partial charge in [0.2, 0.25) is 6.41 Å². The summed E-state index contributed by atoms with van der Waals surface area (Å²) in [5.41, 5.74) is 1.79. The molecule has 0 atom stereocenters. The predicted molar refractivity (Wildman–Crippen MR) is 71.5 cm³/mol. The second-order valence-electron chi connectivity index (χ2n) is 3.58. The molecule has 0 unspecified atom stereocenters. The molecule has 1 amide bonds. The topological polar surface area (TPSA) is 29.1 Å². The molecule has 5 heteroatoms. The van der Waals surface area contributed by atoms with Gasteiger partial charge in [0.25, 0.3) is 0 Å². The van der Waals surface area contributed by atoms with E-state index in [2.05, 4.69) is 5.32 Å². The van der Waals surface area contributed by atoms with Gasteiger partial charge in [-0.15, -0.1) is 0 Å². The highest BCUT2D eigenvalue weighted by atomic mass is 35.5. The zero-order valence-electron chi connectivity index (χ0n) is 9.08. The Kier molecular flexibility index (Phi) is 3.84. The number of halogens is 3. The van der Waals surface area contributed by atoms with Gasteiger partial charge in [-0.25, -0.2) is 4.39 Å². The van der Waals surface area contributed by atoms with Gasteiger partial charge in [0.15, 0.2) is 0 Å². The lowest BCUT2D eigenvalue weighted by Gasteiger charge is -2.09. The van der Waals surface area contributed by atoms with Gasteiger partial charge in [0.1, 0.15) is 5.82 Å². The standard InChI is InChI=1S/C13H8Cl2FNO/c14-11-4-1-8(5-12(11)15)10-3-2-9(16)6-13(10)17-7-18/h1-7H,(H,17,18). The average molecular weight is 284 g/mol. The lowest BCUT2D eigenvalue weighted by atomic mass is 10.0. The van der Waals surface area contributed by atoms with Crippen molar-refractivity contribution in [3.8, 4) is 11.1 Å². The van der Waals surface area contributed by atoms with Crippen molar-refractivity contribution < 1.29 is 9.18 Å². The largest absolute Gasteiger partial charge is 0.328 e. The Balaban J connectivity index is 2.55. The summed E-state index contributed by atoms with van der Waals surface area (Å²) in [6.45, 7) is 0. The second-order valence-corrected chi connectivity index (χ2v) is 4.40. The first-order chi connectivity index (χ1) is 8.61. The van der Waals surface area contributed by atoms with Crippen LogP contribution in [0.15, 0.2) is 36.4 Å². The molecule has 0 aliphatic carbocycles. The molecule has 18 heavy (non-hydrogen) atoms. The fourth-order valence-corrected chi connectivity index (χ4v) is 1.91. The molecule has 0 heterocycles. The van der Waals surface area contributed by atoms with Gasteiger partial charge in [-0.2, -0.15) is 0 Å². The molecule has 0 aliphatic rings. The maximum Gasteiger partial charge on any atom is 0.211 e. The molecule has 2 rings (SSSR count). The van der Waals surface area contributed by atoms with Crippen molar-refractivity contribution in [2.75, 3.05) is 5.32 Å². The zero-order chi connectivity index (χ0) is 13.1. The molecule has 0 aliphatic heterocycles. The van der Waals surface area contributed by atoms with E-state index < -0.39 is 5.82 Å². The van der Waals surface area contributed by atoms with E-state index in [-0.39, 0.29) is 0 Å². The number of nitrogens with one attached hydrogen (secondary N) is 1. The molecule has 2 aromatic carbocycles. The monoisotopic (exact) mass is 283 g/mol. The number of hydrogen-bond acceptors (Lipinski definition) is 1. The first-order valence-corrected chi connectivity index (χ1v) is 5.82. The number of anilines is 1. The summed E-state index contributed by atoms with van der Waals surface area (Å²) in [5, 5.41) is 3.29. The van der Waals surface area contributed by atoms with Gasteiger partial charge in [0.05, 0.1) is 15.7 Å². The van der Waals surface area contributed by atoms with Crippen LogP contribution in [0.4, 0.5) is 10.1 Å². The molecule has 2 nitrogen and oxygen atoms in total. The molecule has 0 fully saturated rings. The van der Waals surface area contributed by atoms with Crippen molar-refractivity contribution in [1.82, 2.24) is 0 Å². The van der Waals surface area contributed by atoms with E-state index in [0.29, 0.717) is 27.7 Å². The third-order valence-corrected chi connectivity index (χ3v) is 3.17. The van der Waals surface area contributed by atoms with Crippen LogP contribution in [0.25, 0.3) is 11.1 Å². The van der Waals surface area contributed by atoms with Crippen molar-refractivity contribution >= 4 is 35.3 Å². The van der Waals surface area contributed by atoms with Gasteiger partial charge < -0.3 is 5.32 Å². The minimum absolute atomic E-state index is 0.378. The highest BCUT2D eigenvalue weighted by molar-refractivity contribution is 6.42. The Morgan fingerprint density at radius 3 is 2.50 bits per heavy atom. The lowest BCUT2D eigenvalue weighted by molar-refractivity contribution is -0.105. The summed E-state index contributed by atoms with van der Waals surface area (Å²) in [5.74, 6) is -0.428. The quantitative estimate of drug-likeness (QED) is 0.833. The molecule has 0 radical (unpaired) electrons. The molecule has 0 saturated heterocycles. The van der Waals surface area contributed by atoms with Crippen LogP contribution in [0.5, 0.6) is 0 Å². The second kappa shape index (κ2) is 5.38. The van der Waals surface area contributed by atoms with Crippen molar-refractivity contribution in [3.05, 3.63) is 52.3 Å². The van der Waals surface area contributed by atoms with Gasteiger partial charge in [-0.1, -0.05) is 29.3 Å². The van der Waals surface area contributed by atoms with E-state index >= 15 is 0 Å². The third kappa shape index (κ3) is 2.63. The van der Waals surface area contributed by atoms with Crippen LogP contribution in [0.1, 0.15) is 0 Å². The maximum atomic E-state index is 13.1. The van der Waals surface area contributed by atoms with Gasteiger partial charge in [-0.05, 0) is 35.9 Å². The number of amides is 1. The van der Waals surface area contributed by atoms with Crippen molar-refractivity contribution in [1.29, 1.82) is 0 Å². The number of benzene rings is 2. The molecule has 0 spiro atoms. The number of hydrogen-bond donors (Lipinski definition) is 1. The normalized spacial score (nSPS) is 10.2. The van der Waals surface area contributed by atoms with Crippen LogP contribution in [-0.2, 0) is 4.79 Å². The van der Waals surface area contributed by atoms with Crippen molar-refractivity contribution in [2.45, 2.75) is 0 Å². The van der Waals surface area contributed by atoms with Gasteiger partial charge >= 0.3 is 0 Å². The first-order valence-electron chi connectivity index (χ1n) is 5.07. The summed E-state index contributed by atoms with van der Waals surface area (Å²) in [6.07, 6.45) is 0.496. The Bertz CT molecular complexity index is 602. The number of carbonyl (C=O) groups is 1. The fourth-order valence-electron chi connectivity index (χ4n) is 1.61. The van der Waals surface area contributed by atoms with E-state index in [1.54, 1.807) is 24.3 Å². The van der Waals surface area contributed by atoms with Crippen LogP contribution < -0.4 is 5.32 Å². The third-order valence-electron chi connectivity index (χ3n) is 2.43. The highest BCUT2D eigenvalue weighted by Gasteiger charge is 2.08. The molecule has 0 aromatic heterocycles. The van der Waals surface area contributed by atoms with Gasteiger partial charge in [0, 0.05) is 5.56 Å². The maximum absolute atomic E-state index is 13.1. The van der Waals surface area contributed by atoms with Crippen LogP contribution >= 0.6 is 23.2 Å². The van der Waals surface area contributed by atoms with E-state index in [0.717, 1.165) is 5.56 Å². The van der Waals surface area contributed by atoms with Crippen LogP contribution in [0.3, 0.4) is 0 Å². The SMILES string of the molecule is O=CNc1cc(F)ccc1-c1ccc(Cl)c(Cl)c1. The summed E-state index contributed by atoms with van der Waals surface area (Å²) in [6, 6.07) is 9.18. The van der Waals surface area contributed by atoms with Crippen molar-refractivity contribution in [3.63, 3.8) is 0 Å². The van der Waals surface area contributed by atoms with Gasteiger partial charge in [-0.3, -0.25) is 4.79 Å². The molecule has 0 saturated carbocycles. The lowest BCUT2D eigenvalue weighted by Crippen LogP contribution is -1.97. The van der Waals surface area contributed by atoms with Crippen LogP contribution in [0, 0.1) is 5.82 Å². The Morgan fingerprint density at radius 1 is 1.06 bits per heavy atom. The van der Waals surface area contributed by atoms with E-state index in [4.69, 9.17) is 23.2 Å². The Labute approximate surface area is 113 Å². The molecular formula is C13H8Cl2FNO. The van der Waals surface area contributed by atoms with E-state index in [1.165, 1.54) is 12.1 Å². The Hall–Kier alpha value is -1.58. The summed E-state index contributed by atoms with van der Waals surface area (Å²) < 4.78 is 13.1. The molecule has 0 bridgehead atoms. The van der Waals surface area contributed by atoms with E-state index in [9.17, 15) is 9.18 Å². The Morgan fingerprint density at radius 2 is 1.83 bits per heavy atom. The smallest absolute Gasteiger partial charge is 0.211 e. The summed E-state index contributed by atoms with van der Waals surface area (Å²) >= 11 is 11.8. The highest BCUT2D eigenvalue weighted by Crippen LogP contribution is 2.32. The molecule has 92 valence electrons. The average Bonchev–Trinajstić information content (AvgIpc) is 2.34. The summed E-state index contributed by atoms with van der Waals surface area (Å²) in [7, 11) is 0. The van der Waals surface area contributed by atoms with E-state index in [1.807, 2.05) is 0 Å².